The Morgan fingerprint density at radius 3 is 2.46 bits per heavy atom. The third kappa shape index (κ3) is 5.42. The first-order valence-corrected chi connectivity index (χ1v) is 9.12. The first kappa shape index (κ1) is 19.6. The Morgan fingerprint density at radius 2 is 1.82 bits per heavy atom. The molecule has 7 nitrogen and oxygen atoms in total. The Balaban J connectivity index is 1.71. The van der Waals surface area contributed by atoms with Crippen molar-refractivity contribution in [2.45, 2.75) is 6.61 Å². The van der Waals surface area contributed by atoms with Gasteiger partial charge in [0.25, 0.3) is 0 Å². The van der Waals surface area contributed by atoms with Gasteiger partial charge >= 0.3 is 6.09 Å². The number of carbonyl (C=O) groups is 1. The van der Waals surface area contributed by atoms with Crippen LogP contribution in [0.15, 0.2) is 67.0 Å². The number of amides is 1. The third-order valence-corrected chi connectivity index (χ3v) is 4.17. The van der Waals surface area contributed by atoms with Gasteiger partial charge < -0.3 is 9.64 Å². The van der Waals surface area contributed by atoms with Crippen LogP contribution in [-0.2, 0) is 11.3 Å². The number of anilines is 1. The van der Waals surface area contributed by atoms with Crippen LogP contribution in [0.3, 0.4) is 0 Å². The molecular formula is C21H25N5O2. The normalized spacial score (nSPS) is 10.8. The number of benzene rings is 2. The number of H-pyrrole nitrogens is 1. The monoisotopic (exact) mass is 379 g/mol. The molecule has 3 aromatic rings. The second kappa shape index (κ2) is 9.68. The Hall–Kier alpha value is -3.16. The Morgan fingerprint density at radius 1 is 1.07 bits per heavy atom. The molecule has 0 saturated heterocycles. The molecule has 7 heteroatoms. The average molecular weight is 379 g/mol. The van der Waals surface area contributed by atoms with Gasteiger partial charge in [-0.25, -0.2) is 15.2 Å². The van der Waals surface area contributed by atoms with Gasteiger partial charge in [0, 0.05) is 24.8 Å². The summed E-state index contributed by atoms with van der Waals surface area (Å²) >= 11 is 0. The van der Waals surface area contributed by atoms with Gasteiger partial charge in [0.1, 0.15) is 6.61 Å². The van der Waals surface area contributed by atoms with Crippen LogP contribution in [0.25, 0.3) is 11.1 Å². The summed E-state index contributed by atoms with van der Waals surface area (Å²) in [6, 6.07) is 17.3. The summed E-state index contributed by atoms with van der Waals surface area (Å²) in [7, 11) is 3.97. The number of aromatic nitrogens is 2. The highest BCUT2D eigenvalue weighted by atomic mass is 16.6. The van der Waals surface area contributed by atoms with E-state index in [4.69, 9.17) is 4.74 Å². The van der Waals surface area contributed by atoms with Gasteiger partial charge in [-0.1, -0.05) is 42.5 Å². The van der Waals surface area contributed by atoms with E-state index in [2.05, 4.69) is 15.6 Å². The highest BCUT2D eigenvalue weighted by molar-refractivity contribution is 5.87. The number of rotatable bonds is 8. The standard InChI is InChI=1S/C21H25N5O2/c1-25(2)13-12-24-26(21(27)28-16-17-6-4-3-5-7-17)20-10-8-18(9-11-20)19-14-22-23-15-19/h3-11,14-15,24H,12-13,16H2,1-2H3,(H,22,23). The van der Waals surface area contributed by atoms with Crippen molar-refractivity contribution in [3.63, 3.8) is 0 Å². The predicted octanol–water partition coefficient (Wildman–Crippen LogP) is 3.29. The highest BCUT2D eigenvalue weighted by Gasteiger charge is 2.17. The molecular weight excluding hydrogens is 354 g/mol. The Labute approximate surface area is 164 Å². The van der Waals surface area contributed by atoms with E-state index in [0.717, 1.165) is 23.2 Å². The van der Waals surface area contributed by atoms with E-state index in [1.54, 1.807) is 6.20 Å². The second-order valence-electron chi connectivity index (χ2n) is 6.62. The quantitative estimate of drug-likeness (QED) is 0.588. The summed E-state index contributed by atoms with van der Waals surface area (Å²) in [6.07, 6.45) is 3.14. The lowest BCUT2D eigenvalue weighted by Crippen LogP contribution is -2.46. The molecule has 3 rings (SSSR count). The van der Waals surface area contributed by atoms with Gasteiger partial charge in [-0.2, -0.15) is 5.10 Å². The molecule has 1 amide bonds. The third-order valence-electron chi connectivity index (χ3n) is 4.17. The fraction of sp³-hybridized carbons (Fsp3) is 0.238. The zero-order valence-electron chi connectivity index (χ0n) is 16.1. The van der Waals surface area contributed by atoms with E-state index in [9.17, 15) is 4.79 Å². The number of likely N-dealkylation sites (N-methyl/N-ethyl adjacent to an activating group) is 1. The summed E-state index contributed by atoms with van der Waals surface area (Å²) < 4.78 is 5.50. The number of aromatic amines is 1. The number of hydrazine groups is 1. The lowest BCUT2D eigenvalue weighted by atomic mass is 10.1. The molecule has 0 bridgehead atoms. The minimum absolute atomic E-state index is 0.221. The van der Waals surface area contributed by atoms with Crippen LogP contribution < -0.4 is 10.4 Å². The number of nitrogens with zero attached hydrogens (tertiary/aromatic N) is 3. The van der Waals surface area contributed by atoms with Crippen molar-refractivity contribution in [2.24, 2.45) is 0 Å². The second-order valence-corrected chi connectivity index (χ2v) is 6.62. The molecule has 0 fully saturated rings. The lowest BCUT2D eigenvalue weighted by Gasteiger charge is -2.24. The van der Waals surface area contributed by atoms with Crippen LogP contribution in [0.2, 0.25) is 0 Å². The van der Waals surface area contributed by atoms with Gasteiger partial charge in [-0.3, -0.25) is 5.10 Å². The van der Waals surface area contributed by atoms with Crippen molar-refractivity contribution in [2.75, 3.05) is 32.2 Å². The minimum Gasteiger partial charge on any atom is -0.443 e. The summed E-state index contributed by atoms with van der Waals surface area (Å²) in [4.78, 5) is 14.8. The summed E-state index contributed by atoms with van der Waals surface area (Å²) in [5, 5.41) is 8.22. The Kier molecular flexibility index (Phi) is 6.78. The Bertz CT molecular complexity index is 848. The van der Waals surface area contributed by atoms with Crippen LogP contribution in [0.5, 0.6) is 0 Å². The smallest absolute Gasteiger partial charge is 0.429 e. The molecule has 0 unspecified atom stereocenters. The minimum atomic E-state index is -0.446. The molecule has 0 spiro atoms. The van der Waals surface area contributed by atoms with Crippen LogP contribution in [0.4, 0.5) is 10.5 Å². The number of hydrogen-bond donors (Lipinski definition) is 2. The van der Waals surface area contributed by atoms with E-state index < -0.39 is 6.09 Å². The molecule has 0 aliphatic rings. The highest BCUT2D eigenvalue weighted by Crippen LogP contribution is 2.22. The fourth-order valence-corrected chi connectivity index (χ4v) is 2.64. The van der Waals surface area contributed by atoms with Crippen molar-refractivity contribution < 1.29 is 9.53 Å². The molecule has 0 saturated carbocycles. The first-order valence-electron chi connectivity index (χ1n) is 9.12. The van der Waals surface area contributed by atoms with Crippen LogP contribution in [0.1, 0.15) is 5.56 Å². The van der Waals surface area contributed by atoms with Gasteiger partial charge in [0.2, 0.25) is 0 Å². The van der Waals surface area contributed by atoms with Gasteiger partial charge in [0.15, 0.2) is 0 Å². The zero-order chi connectivity index (χ0) is 19.8. The summed E-state index contributed by atoms with van der Waals surface area (Å²) in [6.45, 7) is 1.62. The van der Waals surface area contributed by atoms with E-state index >= 15 is 0 Å². The number of carbonyl (C=O) groups excluding carboxylic acids is 1. The van der Waals surface area contributed by atoms with E-state index in [1.807, 2.05) is 79.8 Å². The number of hydrogen-bond acceptors (Lipinski definition) is 5. The molecule has 0 radical (unpaired) electrons. The maximum atomic E-state index is 12.7. The van der Waals surface area contributed by atoms with E-state index in [-0.39, 0.29) is 6.61 Å². The zero-order valence-corrected chi connectivity index (χ0v) is 16.1. The molecule has 1 heterocycles. The van der Waals surface area contributed by atoms with Gasteiger partial charge in [0.05, 0.1) is 11.9 Å². The van der Waals surface area contributed by atoms with Crippen molar-refractivity contribution in [1.82, 2.24) is 20.5 Å². The van der Waals surface area contributed by atoms with E-state index in [0.29, 0.717) is 12.2 Å². The van der Waals surface area contributed by atoms with Crippen LogP contribution in [0, 0.1) is 0 Å². The topological polar surface area (TPSA) is 73.5 Å². The van der Waals surface area contributed by atoms with E-state index in [1.165, 1.54) is 5.01 Å². The van der Waals surface area contributed by atoms with Gasteiger partial charge in [-0.15, -0.1) is 0 Å². The molecule has 2 aromatic carbocycles. The lowest BCUT2D eigenvalue weighted by molar-refractivity contribution is 0.143. The van der Waals surface area contributed by atoms with Crippen molar-refractivity contribution in [1.29, 1.82) is 0 Å². The molecule has 28 heavy (non-hydrogen) atoms. The molecule has 146 valence electrons. The van der Waals surface area contributed by atoms with Crippen molar-refractivity contribution in [3.8, 4) is 11.1 Å². The largest absolute Gasteiger partial charge is 0.443 e. The average Bonchev–Trinajstić information content (AvgIpc) is 3.25. The number of ether oxygens (including phenoxy) is 1. The maximum absolute atomic E-state index is 12.7. The van der Waals surface area contributed by atoms with Crippen LogP contribution in [-0.4, -0.2) is 48.4 Å². The fourth-order valence-electron chi connectivity index (χ4n) is 2.64. The molecule has 0 aliphatic heterocycles. The SMILES string of the molecule is CN(C)CCNN(C(=O)OCc1ccccc1)c1ccc(-c2cn[nH]c2)cc1. The van der Waals surface area contributed by atoms with Crippen molar-refractivity contribution >= 4 is 11.8 Å². The van der Waals surface area contributed by atoms with Crippen LogP contribution >= 0.6 is 0 Å². The molecule has 1 aromatic heterocycles. The summed E-state index contributed by atoms with van der Waals surface area (Å²) in [5.74, 6) is 0. The summed E-state index contributed by atoms with van der Waals surface area (Å²) in [5.41, 5.74) is 6.82. The molecule has 2 N–H and O–H groups in total. The molecule has 0 aliphatic carbocycles. The van der Waals surface area contributed by atoms with Crippen molar-refractivity contribution in [3.05, 3.63) is 72.6 Å². The molecule has 0 atom stereocenters. The maximum Gasteiger partial charge on any atom is 0.429 e. The number of nitrogens with one attached hydrogen (secondary N) is 2. The predicted molar refractivity (Wildman–Crippen MR) is 110 cm³/mol. The van der Waals surface area contributed by atoms with Gasteiger partial charge in [-0.05, 0) is 37.4 Å². The first-order chi connectivity index (χ1) is 13.6.